The molecule has 3 rings (SSSR count). The molecule has 0 N–H and O–H groups in total. The standard InChI is InChI=1S/C12H8ClN3S/c13-10-3-1-9(2-4-10)11-14-5-7-16(11)12-15-6-8-17-12/h1-8H. The average molecular weight is 262 g/mol. The number of hydrogen-bond donors (Lipinski definition) is 0. The van der Waals surface area contributed by atoms with Crippen molar-refractivity contribution in [2.75, 3.05) is 0 Å². The molecule has 0 fully saturated rings. The minimum atomic E-state index is 0.723. The van der Waals surface area contributed by atoms with E-state index in [0.717, 1.165) is 21.5 Å². The minimum Gasteiger partial charge on any atom is -0.275 e. The fourth-order valence-electron chi connectivity index (χ4n) is 1.61. The van der Waals surface area contributed by atoms with Gasteiger partial charge in [-0.3, -0.25) is 4.57 Å². The summed E-state index contributed by atoms with van der Waals surface area (Å²) < 4.78 is 1.97. The summed E-state index contributed by atoms with van der Waals surface area (Å²) in [6.07, 6.45) is 5.46. The predicted octanol–water partition coefficient (Wildman–Crippen LogP) is 3.65. The normalized spacial score (nSPS) is 10.6. The second kappa shape index (κ2) is 4.31. The molecule has 2 heterocycles. The van der Waals surface area contributed by atoms with Gasteiger partial charge in [0.05, 0.1) is 0 Å². The largest absolute Gasteiger partial charge is 0.275 e. The third kappa shape index (κ3) is 1.97. The van der Waals surface area contributed by atoms with Crippen molar-refractivity contribution in [1.82, 2.24) is 14.5 Å². The van der Waals surface area contributed by atoms with E-state index in [9.17, 15) is 0 Å². The number of thiazole rings is 1. The third-order valence-corrected chi connectivity index (χ3v) is 3.39. The van der Waals surface area contributed by atoms with Gasteiger partial charge < -0.3 is 0 Å². The van der Waals surface area contributed by atoms with E-state index < -0.39 is 0 Å². The number of imidazole rings is 1. The molecule has 0 unspecified atom stereocenters. The van der Waals surface area contributed by atoms with Crippen molar-refractivity contribution in [3.8, 4) is 16.5 Å². The van der Waals surface area contributed by atoms with Crippen LogP contribution in [0.3, 0.4) is 0 Å². The van der Waals surface area contributed by atoms with Gasteiger partial charge in [-0.25, -0.2) is 9.97 Å². The summed E-state index contributed by atoms with van der Waals surface area (Å²) in [4.78, 5) is 8.64. The summed E-state index contributed by atoms with van der Waals surface area (Å²) in [6, 6.07) is 7.62. The molecule has 5 heteroatoms. The van der Waals surface area contributed by atoms with Gasteiger partial charge in [-0.1, -0.05) is 11.6 Å². The van der Waals surface area contributed by atoms with Gasteiger partial charge in [-0.15, -0.1) is 11.3 Å². The van der Waals surface area contributed by atoms with Crippen molar-refractivity contribution in [3.63, 3.8) is 0 Å². The van der Waals surface area contributed by atoms with Gasteiger partial charge in [0.2, 0.25) is 0 Å². The molecule has 84 valence electrons. The van der Waals surface area contributed by atoms with Crippen molar-refractivity contribution in [2.45, 2.75) is 0 Å². The summed E-state index contributed by atoms with van der Waals surface area (Å²) in [5, 5.41) is 3.58. The molecule has 0 atom stereocenters. The topological polar surface area (TPSA) is 30.7 Å². The summed E-state index contributed by atoms with van der Waals surface area (Å²) in [5.41, 5.74) is 1.02. The molecule has 2 aromatic heterocycles. The van der Waals surface area contributed by atoms with E-state index in [1.165, 1.54) is 0 Å². The van der Waals surface area contributed by atoms with Crippen molar-refractivity contribution in [2.24, 2.45) is 0 Å². The minimum absolute atomic E-state index is 0.723. The Balaban J connectivity index is 2.10. The maximum absolute atomic E-state index is 5.87. The summed E-state index contributed by atoms with van der Waals surface area (Å²) in [5.74, 6) is 0.872. The highest BCUT2D eigenvalue weighted by molar-refractivity contribution is 7.12. The molecule has 17 heavy (non-hydrogen) atoms. The lowest BCUT2D eigenvalue weighted by molar-refractivity contribution is 1.04. The van der Waals surface area contributed by atoms with E-state index in [0.29, 0.717) is 0 Å². The molecule has 3 nitrogen and oxygen atoms in total. The average Bonchev–Trinajstić information content (AvgIpc) is 3.00. The van der Waals surface area contributed by atoms with Crippen LogP contribution in [0.5, 0.6) is 0 Å². The second-order valence-corrected chi connectivity index (χ2v) is 4.75. The number of benzene rings is 1. The lowest BCUT2D eigenvalue weighted by Crippen LogP contribution is -1.94. The number of nitrogens with zero attached hydrogens (tertiary/aromatic N) is 3. The zero-order chi connectivity index (χ0) is 11.7. The number of hydrogen-bond acceptors (Lipinski definition) is 3. The first-order chi connectivity index (χ1) is 8.34. The van der Waals surface area contributed by atoms with Gasteiger partial charge in [0, 0.05) is 34.6 Å². The van der Waals surface area contributed by atoms with Crippen LogP contribution in [-0.4, -0.2) is 14.5 Å². The molecule has 0 aliphatic heterocycles. The van der Waals surface area contributed by atoms with Crippen LogP contribution in [0.1, 0.15) is 0 Å². The molecule has 0 spiro atoms. The molecule has 0 aliphatic carbocycles. The quantitative estimate of drug-likeness (QED) is 0.705. The molecule has 3 aromatic rings. The van der Waals surface area contributed by atoms with Gasteiger partial charge in [0.25, 0.3) is 0 Å². The Kier molecular flexibility index (Phi) is 2.66. The van der Waals surface area contributed by atoms with Crippen molar-refractivity contribution >= 4 is 22.9 Å². The molecule has 1 aromatic carbocycles. The van der Waals surface area contributed by atoms with Crippen molar-refractivity contribution in [3.05, 3.63) is 53.3 Å². The van der Waals surface area contributed by atoms with E-state index in [1.54, 1.807) is 23.7 Å². The van der Waals surface area contributed by atoms with Crippen LogP contribution < -0.4 is 0 Å². The van der Waals surface area contributed by atoms with Crippen molar-refractivity contribution < 1.29 is 0 Å². The zero-order valence-electron chi connectivity index (χ0n) is 8.75. The van der Waals surface area contributed by atoms with E-state index in [1.807, 2.05) is 40.4 Å². The molecule has 0 radical (unpaired) electrons. The van der Waals surface area contributed by atoms with Gasteiger partial charge in [-0.2, -0.15) is 0 Å². The molecular formula is C12H8ClN3S. The first kappa shape index (κ1) is 10.5. The Morgan fingerprint density at radius 3 is 2.59 bits per heavy atom. The maximum atomic E-state index is 5.87. The van der Waals surface area contributed by atoms with Gasteiger partial charge in [0.1, 0.15) is 5.82 Å². The molecule has 0 saturated carbocycles. The van der Waals surface area contributed by atoms with Crippen LogP contribution in [0, 0.1) is 0 Å². The Labute approximate surface area is 107 Å². The van der Waals surface area contributed by atoms with Crippen LogP contribution in [0.25, 0.3) is 16.5 Å². The molecule has 0 amide bonds. The lowest BCUT2D eigenvalue weighted by atomic mass is 10.2. The van der Waals surface area contributed by atoms with Crippen LogP contribution >= 0.6 is 22.9 Å². The van der Waals surface area contributed by atoms with E-state index in [2.05, 4.69) is 9.97 Å². The van der Waals surface area contributed by atoms with Crippen LogP contribution in [0.4, 0.5) is 0 Å². The fourth-order valence-corrected chi connectivity index (χ4v) is 2.36. The van der Waals surface area contributed by atoms with Gasteiger partial charge >= 0.3 is 0 Å². The highest BCUT2D eigenvalue weighted by Crippen LogP contribution is 2.23. The number of aromatic nitrogens is 3. The van der Waals surface area contributed by atoms with E-state index >= 15 is 0 Å². The van der Waals surface area contributed by atoms with E-state index in [-0.39, 0.29) is 0 Å². The second-order valence-electron chi connectivity index (χ2n) is 3.44. The first-order valence-electron chi connectivity index (χ1n) is 5.04. The highest BCUT2D eigenvalue weighted by Gasteiger charge is 2.08. The first-order valence-corrected chi connectivity index (χ1v) is 6.29. The molecular weight excluding hydrogens is 254 g/mol. The Bertz CT molecular complexity index is 614. The maximum Gasteiger partial charge on any atom is 0.195 e. The summed E-state index contributed by atoms with van der Waals surface area (Å²) in [7, 11) is 0. The molecule has 0 bridgehead atoms. The van der Waals surface area contributed by atoms with Crippen LogP contribution in [0.2, 0.25) is 5.02 Å². The van der Waals surface area contributed by atoms with Gasteiger partial charge in [-0.05, 0) is 24.3 Å². The van der Waals surface area contributed by atoms with Crippen LogP contribution in [0.15, 0.2) is 48.2 Å². The zero-order valence-corrected chi connectivity index (χ0v) is 10.3. The Morgan fingerprint density at radius 2 is 1.88 bits per heavy atom. The Morgan fingerprint density at radius 1 is 1.06 bits per heavy atom. The summed E-state index contributed by atoms with van der Waals surface area (Å²) in [6.45, 7) is 0. The smallest absolute Gasteiger partial charge is 0.195 e. The van der Waals surface area contributed by atoms with Crippen LogP contribution in [-0.2, 0) is 0 Å². The Hall–Kier alpha value is -1.65. The lowest BCUT2D eigenvalue weighted by Gasteiger charge is -2.04. The molecule has 0 aliphatic rings. The molecule has 0 saturated heterocycles. The van der Waals surface area contributed by atoms with E-state index in [4.69, 9.17) is 11.6 Å². The van der Waals surface area contributed by atoms with Gasteiger partial charge in [0.15, 0.2) is 5.13 Å². The highest BCUT2D eigenvalue weighted by atomic mass is 35.5. The third-order valence-electron chi connectivity index (χ3n) is 2.37. The number of halogens is 1. The number of rotatable bonds is 2. The fraction of sp³-hybridized carbons (Fsp3) is 0. The van der Waals surface area contributed by atoms with Crippen molar-refractivity contribution in [1.29, 1.82) is 0 Å². The summed E-state index contributed by atoms with van der Waals surface area (Å²) >= 11 is 7.45. The monoisotopic (exact) mass is 261 g/mol. The predicted molar refractivity (Wildman–Crippen MR) is 69.7 cm³/mol. The SMILES string of the molecule is Clc1ccc(-c2nccn2-c2nccs2)cc1.